The van der Waals surface area contributed by atoms with Crippen LogP contribution in [-0.4, -0.2) is 31.4 Å². The lowest BCUT2D eigenvalue weighted by molar-refractivity contribution is 0.245. The maximum Gasteiger partial charge on any atom is 0.147 e. The van der Waals surface area contributed by atoms with Crippen LogP contribution in [0.5, 0.6) is 5.75 Å². The fraction of sp³-hybridized carbons (Fsp3) is 0.533. The minimum absolute atomic E-state index is 0.0906. The number of aromatic nitrogens is 2. The topological polar surface area (TPSA) is 44.1 Å². The minimum atomic E-state index is -0.802. The highest BCUT2D eigenvalue weighted by atomic mass is 35.5. The zero-order valence-corrected chi connectivity index (χ0v) is 14.2. The van der Waals surface area contributed by atoms with Crippen LogP contribution in [0.3, 0.4) is 0 Å². The van der Waals surface area contributed by atoms with Crippen LogP contribution < -0.4 is 4.74 Å². The van der Waals surface area contributed by atoms with Crippen molar-refractivity contribution in [3.05, 3.63) is 24.0 Å². The van der Waals surface area contributed by atoms with Gasteiger partial charge in [0.15, 0.2) is 0 Å². The molecule has 4 nitrogen and oxygen atoms in total. The van der Waals surface area contributed by atoms with Gasteiger partial charge in [0.1, 0.15) is 17.1 Å². The maximum atomic E-state index is 11.7. The van der Waals surface area contributed by atoms with E-state index in [2.05, 4.69) is 4.98 Å². The fourth-order valence-corrected chi connectivity index (χ4v) is 3.09. The van der Waals surface area contributed by atoms with E-state index in [0.29, 0.717) is 23.9 Å². The summed E-state index contributed by atoms with van der Waals surface area (Å²) in [5, 5.41) is 0. The summed E-state index contributed by atoms with van der Waals surface area (Å²) < 4.78 is 19.5. The summed E-state index contributed by atoms with van der Waals surface area (Å²) in [5.41, 5.74) is 1.81. The number of ether oxygens (including phenoxy) is 1. The molecule has 116 valence electrons. The van der Waals surface area contributed by atoms with Crippen molar-refractivity contribution >= 4 is 33.4 Å². The van der Waals surface area contributed by atoms with E-state index in [1.54, 1.807) is 0 Å². The Morgan fingerprint density at radius 3 is 2.81 bits per heavy atom. The first-order valence-electron chi connectivity index (χ1n) is 7.12. The summed E-state index contributed by atoms with van der Waals surface area (Å²) in [7, 11) is -0.802. The fourth-order valence-electron chi connectivity index (χ4n) is 2.21. The van der Waals surface area contributed by atoms with Crippen molar-refractivity contribution in [3.63, 3.8) is 0 Å². The number of benzene rings is 1. The number of para-hydroxylation sites is 1. The third kappa shape index (κ3) is 3.77. The molecule has 0 bridgehead atoms. The van der Waals surface area contributed by atoms with Crippen LogP contribution >= 0.6 is 11.6 Å². The summed E-state index contributed by atoms with van der Waals surface area (Å²) in [6.07, 6.45) is 0.0906. The quantitative estimate of drug-likeness (QED) is 0.732. The first kappa shape index (κ1) is 16.3. The Labute approximate surface area is 132 Å². The van der Waals surface area contributed by atoms with E-state index in [1.807, 2.05) is 43.5 Å². The number of alkyl halides is 1. The lowest BCUT2D eigenvalue weighted by Crippen LogP contribution is -2.11. The van der Waals surface area contributed by atoms with Gasteiger partial charge in [0, 0.05) is 28.9 Å². The molecule has 1 atom stereocenters. The summed E-state index contributed by atoms with van der Waals surface area (Å²) >= 11 is 6.01. The summed E-state index contributed by atoms with van der Waals surface area (Å²) in [4.78, 5) is 4.60. The van der Waals surface area contributed by atoms with E-state index in [9.17, 15) is 4.21 Å². The van der Waals surface area contributed by atoms with Gasteiger partial charge < -0.3 is 9.30 Å². The second-order valence-corrected chi connectivity index (χ2v) is 7.17. The molecule has 0 aliphatic carbocycles. The van der Waals surface area contributed by atoms with Crippen LogP contribution in [0, 0.1) is 0 Å². The third-order valence-electron chi connectivity index (χ3n) is 3.17. The zero-order valence-electron chi connectivity index (χ0n) is 12.6. The molecule has 0 N–H and O–H groups in total. The molecule has 6 heteroatoms. The lowest BCUT2D eigenvalue weighted by Gasteiger charge is -2.10. The van der Waals surface area contributed by atoms with Crippen molar-refractivity contribution in [2.75, 3.05) is 11.5 Å². The van der Waals surface area contributed by atoms with Gasteiger partial charge in [-0.15, -0.1) is 11.6 Å². The molecule has 0 spiro atoms. The summed E-state index contributed by atoms with van der Waals surface area (Å²) in [6, 6.07) is 5.87. The first-order chi connectivity index (χ1) is 10.1. The van der Waals surface area contributed by atoms with Crippen LogP contribution in [-0.2, 0) is 23.2 Å². The van der Waals surface area contributed by atoms with Gasteiger partial charge in [-0.25, -0.2) is 4.98 Å². The molecule has 0 radical (unpaired) electrons. The predicted molar refractivity (Wildman–Crippen MR) is 88.6 cm³/mol. The SMILES string of the molecule is CCS(=O)CCn1c(CCl)nc2c(OC(C)C)cccc21. The van der Waals surface area contributed by atoms with Gasteiger partial charge in [0.25, 0.3) is 0 Å². The molecule has 0 saturated carbocycles. The van der Waals surface area contributed by atoms with E-state index >= 15 is 0 Å². The number of aryl methyl sites for hydroxylation is 1. The number of nitrogens with zero attached hydrogens (tertiary/aromatic N) is 2. The Bertz CT molecular complexity index is 640. The van der Waals surface area contributed by atoms with Crippen molar-refractivity contribution in [1.82, 2.24) is 9.55 Å². The monoisotopic (exact) mass is 328 g/mol. The van der Waals surface area contributed by atoms with Gasteiger partial charge in [-0.1, -0.05) is 13.0 Å². The Balaban J connectivity index is 2.41. The minimum Gasteiger partial charge on any atom is -0.489 e. The number of imidazole rings is 1. The predicted octanol–water partition coefficient (Wildman–Crippen LogP) is 3.33. The molecule has 0 saturated heterocycles. The standard InChI is InChI=1S/C15H21ClN2O2S/c1-4-21(19)9-8-18-12-6-5-7-13(20-11(2)3)15(12)17-14(18)10-16/h5-7,11H,4,8-10H2,1-3H3. The van der Waals surface area contributed by atoms with E-state index in [4.69, 9.17) is 16.3 Å². The summed E-state index contributed by atoms with van der Waals surface area (Å²) in [6.45, 7) is 6.56. The number of rotatable bonds is 7. The molecule has 0 aliphatic rings. The third-order valence-corrected chi connectivity index (χ3v) is 4.69. The highest BCUT2D eigenvalue weighted by molar-refractivity contribution is 7.84. The van der Waals surface area contributed by atoms with Crippen LogP contribution in [0.4, 0.5) is 0 Å². The van der Waals surface area contributed by atoms with Crippen molar-refractivity contribution < 1.29 is 8.95 Å². The Kier molecular flexibility index (Phi) is 5.65. The Morgan fingerprint density at radius 2 is 2.19 bits per heavy atom. The van der Waals surface area contributed by atoms with Crippen LogP contribution in [0.2, 0.25) is 0 Å². The lowest BCUT2D eigenvalue weighted by atomic mass is 10.3. The molecule has 0 amide bonds. The normalized spacial score (nSPS) is 13.0. The van der Waals surface area contributed by atoms with E-state index in [0.717, 1.165) is 22.6 Å². The highest BCUT2D eigenvalue weighted by Gasteiger charge is 2.14. The second kappa shape index (κ2) is 7.27. The molecule has 1 unspecified atom stereocenters. The molecule has 2 rings (SSSR count). The van der Waals surface area contributed by atoms with Crippen molar-refractivity contribution in [1.29, 1.82) is 0 Å². The molecule has 0 fully saturated rings. The average Bonchev–Trinajstić information content (AvgIpc) is 2.83. The second-order valence-electron chi connectivity index (χ2n) is 5.04. The van der Waals surface area contributed by atoms with Gasteiger partial charge in [-0.3, -0.25) is 4.21 Å². The molecule has 0 aliphatic heterocycles. The van der Waals surface area contributed by atoms with Gasteiger partial charge in [-0.2, -0.15) is 0 Å². The van der Waals surface area contributed by atoms with Crippen molar-refractivity contribution in [3.8, 4) is 5.75 Å². The number of hydrogen-bond donors (Lipinski definition) is 0. The largest absolute Gasteiger partial charge is 0.489 e. The highest BCUT2D eigenvalue weighted by Crippen LogP contribution is 2.27. The van der Waals surface area contributed by atoms with Crippen LogP contribution in [0.15, 0.2) is 18.2 Å². The number of hydrogen-bond acceptors (Lipinski definition) is 3. The van der Waals surface area contributed by atoms with Gasteiger partial charge in [-0.05, 0) is 26.0 Å². The smallest absolute Gasteiger partial charge is 0.147 e. The van der Waals surface area contributed by atoms with E-state index in [-0.39, 0.29) is 6.10 Å². The first-order valence-corrected chi connectivity index (χ1v) is 9.14. The molecule has 1 aromatic carbocycles. The van der Waals surface area contributed by atoms with Gasteiger partial charge in [0.05, 0.1) is 17.5 Å². The van der Waals surface area contributed by atoms with E-state index in [1.165, 1.54) is 0 Å². The summed E-state index contributed by atoms with van der Waals surface area (Å²) in [5.74, 6) is 3.17. The Morgan fingerprint density at radius 1 is 1.43 bits per heavy atom. The zero-order chi connectivity index (χ0) is 15.4. The van der Waals surface area contributed by atoms with Crippen molar-refractivity contribution in [2.45, 2.75) is 39.3 Å². The maximum absolute atomic E-state index is 11.7. The number of halogens is 1. The number of fused-ring (bicyclic) bond motifs is 1. The van der Waals surface area contributed by atoms with Gasteiger partial charge in [0.2, 0.25) is 0 Å². The van der Waals surface area contributed by atoms with Gasteiger partial charge >= 0.3 is 0 Å². The molecule has 1 aromatic heterocycles. The molecule has 1 heterocycles. The van der Waals surface area contributed by atoms with Crippen LogP contribution in [0.25, 0.3) is 11.0 Å². The Hall–Kier alpha value is -1.07. The van der Waals surface area contributed by atoms with E-state index < -0.39 is 10.8 Å². The van der Waals surface area contributed by atoms with Crippen molar-refractivity contribution in [2.24, 2.45) is 0 Å². The molecule has 21 heavy (non-hydrogen) atoms. The molecular weight excluding hydrogens is 308 g/mol. The average molecular weight is 329 g/mol. The van der Waals surface area contributed by atoms with Crippen LogP contribution in [0.1, 0.15) is 26.6 Å². The molecular formula is C15H21ClN2O2S. The molecule has 2 aromatic rings.